The molecule has 3 heterocycles. The molecule has 146 valence electrons. The van der Waals surface area contributed by atoms with E-state index in [1.165, 1.54) is 10.6 Å². The summed E-state index contributed by atoms with van der Waals surface area (Å²) in [6.45, 7) is 0.442. The van der Waals surface area contributed by atoms with Crippen molar-refractivity contribution in [1.29, 1.82) is 0 Å². The Hall–Kier alpha value is -1.93. The third-order valence-corrected chi connectivity index (χ3v) is 7.13. The van der Waals surface area contributed by atoms with E-state index in [-0.39, 0.29) is 11.9 Å². The Kier molecular flexibility index (Phi) is 4.94. The largest absolute Gasteiger partial charge is 0.352 e. The number of hydrogen-bond acceptors (Lipinski definition) is 4. The first-order chi connectivity index (χ1) is 12.9. The molecule has 27 heavy (non-hydrogen) atoms. The van der Waals surface area contributed by atoms with Crippen LogP contribution in [0.3, 0.4) is 0 Å². The highest BCUT2D eigenvalue weighted by atomic mass is 32.2. The fourth-order valence-corrected chi connectivity index (χ4v) is 5.60. The molecule has 2 aromatic rings. The topological polar surface area (TPSA) is 84.3 Å². The van der Waals surface area contributed by atoms with Gasteiger partial charge in [0.15, 0.2) is 0 Å². The smallest absolute Gasteiger partial charge is 0.238 e. The molecule has 8 heteroatoms. The summed E-state index contributed by atoms with van der Waals surface area (Å²) in [6, 6.07) is 6.07. The predicted octanol–water partition coefficient (Wildman–Crippen LogP) is 2.06. The summed E-state index contributed by atoms with van der Waals surface area (Å²) < 4.78 is 27.3. The summed E-state index contributed by atoms with van der Waals surface area (Å²) >= 11 is 0. The summed E-state index contributed by atoms with van der Waals surface area (Å²) in [7, 11) is -3.33. The van der Waals surface area contributed by atoms with Gasteiger partial charge in [-0.3, -0.25) is 4.79 Å². The molecule has 1 aliphatic heterocycles. The molecular weight excluding hydrogens is 364 g/mol. The molecule has 2 fully saturated rings. The zero-order chi connectivity index (χ0) is 19.0. The van der Waals surface area contributed by atoms with Gasteiger partial charge in [0.1, 0.15) is 11.7 Å². The van der Waals surface area contributed by atoms with Gasteiger partial charge in [0.2, 0.25) is 15.9 Å². The van der Waals surface area contributed by atoms with Crippen molar-refractivity contribution >= 4 is 27.0 Å². The van der Waals surface area contributed by atoms with Gasteiger partial charge in [-0.05, 0) is 56.7 Å². The molecule has 1 saturated heterocycles. The molecular formula is C19H26N4O3S. The van der Waals surface area contributed by atoms with Crippen molar-refractivity contribution in [1.82, 2.24) is 19.2 Å². The first kappa shape index (κ1) is 18.4. The standard InChI is InChI=1S/C19H26N4O3S/c1-27(25,26)23-12-3-5-17(23)19(24)21-15-6-8-16(9-7-15)22-13-10-14-4-2-11-20-18(14)22/h2,4,10-11,13,15-17H,3,5-9,12H2,1H3,(H,21,24)/t15?,16?,17-/m0/s1. The zero-order valence-corrected chi connectivity index (χ0v) is 16.4. The Balaban J connectivity index is 1.36. The normalized spacial score (nSPS) is 27.1. The fourth-order valence-electron chi connectivity index (χ4n) is 4.48. The minimum absolute atomic E-state index is 0.116. The average molecular weight is 391 g/mol. The van der Waals surface area contributed by atoms with E-state index in [1.807, 2.05) is 12.3 Å². The summed E-state index contributed by atoms with van der Waals surface area (Å²) in [6.07, 6.45) is 10.2. The maximum absolute atomic E-state index is 12.6. The molecule has 1 N–H and O–H groups in total. The van der Waals surface area contributed by atoms with E-state index in [4.69, 9.17) is 0 Å². The SMILES string of the molecule is CS(=O)(=O)N1CCC[C@H]1C(=O)NC1CCC(n2ccc3cccnc32)CC1. The maximum Gasteiger partial charge on any atom is 0.238 e. The lowest BCUT2D eigenvalue weighted by atomic mass is 9.90. The highest BCUT2D eigenvalue weighted by molar-refractivity contribution is 7.88. The Morgan fingerprint density at radius 2 is 1.96 bits per heavy atom. The van der Waals surface area contributed by atoms with Crippen molar-refractivity contribution in [2.24, 2.45) is 0 Å². The van der Waals surface area contributed by atoms with Crippen LogP contribution in [0.1, 0.15) is 44.6 Å². The molecule has 0 spiro atoms. The lowest BCUT2D eigenvalue weighted by molar-refractivity contribution is -0.125. The predicted molar refractivity (Wildman–Crippen MR) is 104 cm³/mol. The van der Waals surface area contributed by atoms with Crippen LogP contribution in [0.15, 0.2) is 30.6 Å². The van der Waals surface area contributed by atoms with Crippen molar-refractivity contribution in [3.63, 3.8) is 0 Å². The number of sulfonamides is 1. The van der Waals surface area contributed by atoms with Gasteiger partial charge in [0.25, 0.3) is 0 Å². The molecule has 1 amide bonds. The third-order valence-electron chi connectivity index (χ3n) is 5.84. The number of amides is 1. The fraction of sp³-hybridized carbons (Fsp3) is 0.579. The van der Waals surface area contributed by atoms with Crippen LogP contribution in [0.25, 0.3) is 11.0 Å². The Bertz CT molecular complexity index is 931. The number of rotatable bonds is 4. The van der Waals surface area contributed by atoms with Gasteiger partial charge in [-0.2, -0.15) is 4.31 Å². The van der Waals surface area contributed by atoms with Crippen LogP contribution in [0, 0.1) is 0 Å². The Morgan fingerprint density at radius 3 is 2.70 bits per heavy atom. The van der Waals surface area contributed by atoms with Crippen LogP contribution in [0.4, 0.5) is 0 Å². The van der Waals surface area contributed by atoms with Crippen LogP contribution >= 0.6 is 0 Å². The number of nitrogens with one attached hydrogen (secondary N) is 1. The van der Waals surface area contributed by atoms with Gasteiger partial charge in [0, 0.05) is 36.4 Å². The summed E-state index contributed by atoms with van der Waals surface area (Å²) in [5, 5.41) is 4.24. The van der Waals surface area contributed by atoms with Crippen molar-refractivity contribution in [2.45, 2.75) is 56.7 Å². The van der Waals surface area contributed by atoms with Gasteiger partial charge >= 0.3 is 0 Å². The summed E-state index contributed by atoms with van der Waals surface area (Å²) in [4.78, 5) is 17.1. The van der Waals surface area contributed by atoms with Gasteiger partial charge in [-0.25, -0.2) is 13.4 Å². The molecule has 4 rings (SSSR count). The van der Waals surface area contributed by atoms with Crippen molar-refractivity contribution < 1.29 is 13.2 Å². The van der Waals surface area contributed by atoms with Crippen LogP contribution in [-0.2, 0) is 14.8 Å². The van der Waals surface area contributed by atoms with Gasteiger partial charge < -0.3 is 9.88 Å². The third kappa shape index (κ3) is 3.73. The first-order valence-electron chi connectivity index (χ1n) is 9.62. The highest BCUT2D eigenvalue weighted by Gasteiger charge is 2.37. The van der Waals surface area contributed by atoms with E-state index in [0.717, 1.165) is 43.1 Å². The van der Waals surface area contributed by atoms with Crippen molar-refractivity contribution in [3.8, 4) is 0 Å². The van der Waals surface area contributed by atoms with Crippen molar-refractivity contribution in [3.05, 3.63) is 30.6 Å². The van der Waals surface area contributed by atoms with Gasteiger partial charge in [-0.15, -0.1) is 0 Å². The molecule has 2 aliphatic rings. The second-order valence-corrected chi connectivity index (χ2v) is 9.62. The van der Waals surface area contributed by atoms with E-state index in [0.29, 0.717) is 19.0 Å². The highest BCUT2D eigenvalue weighted by Crippen LogP contribution is 2.31. The maximum atomic E-state index is 12.6. The number of pyridine rings is 1. The second-order valence-electron chi connectivity index (χ2n) is 7.69. The van der Waals surface area contributed by atoms with Crippen LogP contribution in [-0.4, -0.2) is 53.1 Å². The van der Waals surface area contributed by atoms with E-state index in [1.54, 1.807) is 0 Å². The lowest BCUT2D eigenvalue weighted by Crippen LogP contribution is -2.49. The van der Waals surface area contributed by atoms with Crippen molar-refractivity contribution in [2.75, 3.05) is 12.8 Å². The molecule has 2 aromatic heterocycles. The average Bonchev–Trinajstić information content (AvgIpc) is 3.29. The quantitative estimate of drug-likeness (QED) is 0.866. The number of fused-ring (bicyclic) bond motifs is 1. The van der Waals surface area contributed by atoms with Crippen LogP contribution in [0.5, 0.6) is 0 Å². The van der Waals surface area contributed by atoms with Gasteiger partial charge in [0.05, 0.1) is 6.26 Å². The molecule has 1 aliphatic carbocycles. The molecule has 1 atom stereocenters. The molecule has 0 aromatic carbocycles. The number of carbonyl (C=O) groups is 1. The van der Waals surface area contributed by atoms with Gasteiger partial charge in [-0.1, -0.05) is 0 Å². The summed E-state index contributed by atoms with van der Waals surface area (Å²) in [5.41, 5.74) is 1.01. The molecule has 7 nitrogen and oxygen atoms in total. The molecule has 0 radical (unpaired) electrons. The monoisotopic (exact) mass is 390 g/mol. The Morgan fingerprint density at radius 1 is 1.19 bits per heavy atom. The Labute approximate surface area is 159 Å². The summed E-state index contributed by atoms with van der Waals surface area (Å²) in [5.74, 6) is -0.144. The molecule has 0 bridgehead atoms. The van der Waals surface area contributed by atoms with E-state index >= 15 is 0 Å². The number of aromatic nitrogens is 2. The van der Waals surface area contributed by atoms with E-state index < -0.39 is 16.1 Å². The van der Waals surface area contributed by atoms with Crippen LogP contribution < -0.4 is 5.32 Å². The zero-order valence-electron chi connectivity index (χ0n) is 15.5. The second kappa shape index (κ2) is 7.24. The first-order valence-corrected chi connectivity index (χ1v) is 11.5. The number of hydrogen-bond donors (Lipinski definition) is 1. The molecule has 1 saturated carbocycles. The number of carbonyl (C=O) groups excluding carboxylic acids is 1. The molecule has 0 unspecified atom stereocenters. The number of nitrogens with zero attached hydrogens (tertiary/aromatic N) is 3. The van der Waals surface area contributed by atoms with E-state index in [9.17, 15) is 13.2 Å². The lowest BCUT2D eigenvalue weighted by Gasteiger charge is -2.31. The minimum Gasteiger partial charge on any atom is -0.352 e. The van der Waals surface area contributed by atoms with Crippen LogP contribution in [0.2, 0.25) is 0 Å². The van der Waals surface area contributed by atoms with E-state index in [2.05, 4.69) is 33.2 Å². The minimum atomic E-state index is -3.33.